The number of carboxylic acid groups (broad SMARTS) is 1. The summed E-state index contributed by atoms with van der Waals surface area (Å²) in [7, 11) is 3.17. The lowest BCUT2D eigenvalue weighted by atomic mass is 10.0. The van der Waals surface area contributed by atoms with Gasteiger partial charge in [0.25, 0.3) is 0 Å². The molecule has 5 rings (SSSR count). The van der Waals surface area contributed by atoms with E-state index in [1.54, 1.807) is 32.8 Å². The molecule has 180 valence electrons. The molecule has 1 amide bonds. The maximum Gasteiger partial charge on any atom is 0.405 e. The smallest absolute Gasteiger partial charge is 0.405 e. The number of methoxy groups -OCH3 is 2. The molecule has 4 aromatic rings. The van der Waals surface area contributed by atoms with Gasteiger partial charge in [0.2, 0.25) is 0 Å². The van der Waals surface area contributed by atoms with E-state index in [1.807, 2.05) is 24.3 Å². The first-order valence-electron chi connectivity index (χ1n) is 11.2. The number of rotatable bonds is 6. The summed E-state index contributed by atoms with van der Waals surface area (Å²) in [6.45, 7) is 0. The van der Waals surface area contributed by atoms with Gasteiger partial charge in [0, 0.05) is 34.8 Å². The third-order valence-corrected chi connectivity index (χ3v) is 6.27. The number of benzene rings is 1. The first-order chi connectivity index (χ1) is 17.0. The van der Waals surface area contributed by atoms with Crippen LogP contribution in [-0.2, 0) is 0 Å². The number of pyridine rings is 3. The van der Waals surface area contributed by atoms with Crippen LogP contribution in [0.15, 0.2) is 42.9 Å². The van der Waals surface area contributed by atoms with Gasteiger partial charge in [-0.1, -0.05) is 0 Å². The molecule has 0 spiro atoms. The third-order valence-electron chi connectivity index (χ3n) is 6.27. The molecular formula is C25H25N5O5. The van der Waals surface area contributed by atoms with E-state index >= 15 is 0 Å². The predicted molar refractivity (Wildman–Crippen MR) is 131 cm³/mol. The van der Waals surface area contributed by atoms with Gasteiger partial charge in [0.15, 0.2) is 11.5 Å². The average molecular weight is 476 g/mol. The minimum Gasteiger partial charge on any atom is -0.493 e. The van der Waals surface area contributed by atoms with Crippen LogP contribution in [0.5, 0.6) is 17.2 Å². The Morgan fingerprint density at radius 1 is 1.03 bits per heavy atom. The molecule has 1 aromatic carbocycles. The van der Waals surface area contributed by atoms with Crippen molar-refractivity contribution in [3.63, 3.8) is 0 Å². The first-order valence-corrected chi connectivity index (χ1v) is 11.2. The molecule has 0 aliphatic heterocycles. The van der Waals surface area contributed by atoms with Gasteiger partial charge < -0.3 is 30.4 Å². The Kier molecular flexibility index (Phi) is 5.86. The van der Waals surface area contributed by atoms with E-state index in [2.05, 4.69) is 20.3 Å². The van der Waals surface area contributed by atoms with Crippen molar-refractivity contribution in [3.05, 3.63) is 42.9 Å². The molecule has 35 heavy (non-hydrogen) atoms. The fourth-order valence-corrected chi connectivity index (χ4v) is 4.59. The van der Waals surface area contributed by atoms with Crippen LogP contribution in [0.3, 0.4) is 0 Å². The van der Waals surface area contributed by atoms with E-state index in [0.717, 1.165) is 46.5 Å². The number of amides is 1. The topological polar surface area (TPSA) is 142 Å². The lowest BCUT2D eigenvalue weighted by molar-refractivity contribution is 0.154. The highest BCUT2D eigenvalue weighted by Gasteiger charge is 2.30. The molecule has 1 aliphatic rings. The second-order valence-electron chi connectivity index (χ2n) is 8.39. The van der Waals surface area contributed by atoms with Crippen molar-refractivity contribution in [1.82, 2.24) is 20.3 Å². The number of nitrogen functional groups attached to an aromatic ring is 1. The molecule has 4 N–H and O–H groups in total. The van der Waals surface area contributed by atoms with E-state index < -0.39 is 6.09 Å². The summed E-state index contributed by atoms with van der Waals surface area (Å²) in [5, 5.41) is 14.1. The second-order valence-corrected chi connectivity index (χ2v) is 8.39. The van der Waals surface area contributed by atoms with Crippen LogP contribution >= 0.6 is 0 Å². The van der Waals surface area contributed by atoms with Crippen molar-refractivity contribution in [2.75, 3.05) is 20.0 Å². The van der Waals surface area contributed by atoms with Crippen molar-refractivity contribution >= 4 is 33.6 Å². The molecule has 10 heteroatoms. The highest BCUT2D eigenvalue weighted by molar-refractivity contribution is 6.10. The molecule has 2 atom stereocenters. The zero-order valence-electron chi connectivity index (χ0n) is 19.3. The number of anilines is 1. The number of hydrogen-bond acceptors (Lipinski definition) is 8. The van der Waals surface area contributed by atoms with Crippen LogP contribution in [0, 0.1) is 0 Å². The van der Waals surface area contributed by atoms with Crippen molar-refractivity contribution in [1.29, 1.82) is 0 Å². The molecule has 10 nitrogen and oxygen atoms in total. The van der Waals surface area contributed by atoms with Crippen molar-refractivity contribution < 1.29 is 24.1 Å². The van der Waals surface area contributed by atoms with E-state index in [4.69, 9.17) is 25.1 Å². The molecular weight excluding hydrogens is 450 g/mol. The largest absolute Gasteiger partial charge is 0.493 e. The van der Waals surface area contributed by atoms with Crippen LogP contribution in [0.1, 0.15) is 19.3 Å². The lowest BCUT2D eigenvalue weighted by Crippen LogP contribution is -2.41. The van der Waals surface area contributed by atoms with Crippen molar-refractivity contribution in [2.45, 2.75) is 31.4 Å². The van der Waals surface area contributed by atoms with Crippen LogP contribution in [-0.4, -0.2) is 52.5 Å². The highest BCUT2D eigenvalue weighted by Crippen LogP contribution is 2.37. The summed E-state index contributed by atoms with van der Waals surface area (Å²) in [5.74, 6) is 2.06. The lowest BCUT2D eigenvalue weighted by Gasteiger charge is -2.21. The molecule has 3 aromatic heterocycles. The number of fused-ring (bicyclic) bond motifs is 3. The monoisotopic (exact) mass is 475 g/mol. The Morgan fingerprint density at radius 2 is 1.83 bits per heavy atom. The molecule has 0 bridgehead atoms. The SMILES string of the molecule is COc1cc2ncc3c(N)nc(-c4cncc(O[C@H]5CCC[C@@H]5NC(=O)O)c4)cc3c2cc1OC. The summed E-state index contributed by atoms with van der Waals surface area (Å²) in [6.07, 6.45) is 6.09. The summed E-state index contributed by atoms with van der Waals surface area (Å²) in [5.41, 5.74) is 8.41. The molecule has 3 heterocycles. The Balaban J connectivity index is 1.54. The maximum absolute atomic E-state index is 11.1. The van der Waals surface area contributed by atoms with Gasteiger partial charge in [0.05, 0.1) is 37.7 Å². The number of nitrogens with two attached hydrogens (primary N) is 1. The number of aromatic nitrogens is 3. The third kappa shape index (κ3) is 4.30. The molecule has 1 fully saturated rings. The normalized spacial score (nSPS) is 17.4. The maximum atomic E-state index is 11.1. The van der Waals surface area contributed by atoms with Gasteiger partial charge in [-0.15, -0.1) is 0 Å². The first kappa shape index (κ1) is 22.5. The highest BCUT2D eigenvalue weighted by atomic mass is 16.5. The quantitative estimate of drug-likeness (QED) is 0.353. The summed E-state index contributed by atoms with van der Waals surface area (Å²) < 4.78 is 17.0. The zero-order chi connectivity index (χ0) is 24.5. The molecule has 1 aliphatic carbocycles. The molecule has 0 radical (unpaired) electrons. The Labute approximate surface area is 201 Å². The summed E-state index contributed by atoms with van der Waals surface area (Å²) in [4.78, 5) is 24.5. The van der Waals surface area contributed by atoms with E-state index in [-0.39, 0.29) is 12.1 Å². The Bertz CT molecular complexity index is 1430. The number of hydrogen-bond donors (Lipinski definition) is 3. The van der Waals surface area contributed by atoms with Crippen LogP contribution in [0.2, 0.25) is 0 Å². The predicted octanol–water partition coefficient (Wildman–Crippen LogP) is 4.01. The van der Waals surface area contributed by atoms with E-state index in [0.29, 0.717) is 28.8 Å². The van der Waals surface area contributed by atoms with E-state index in [1.165, 1.54) is 0 Å². The molecule has 0 unspecified atom stereocenters. The number of nitrogens with one attached hydrogen (secondary N) is 1. The van der Waals surface area contributed by atoms with Crippen LogP contribution < -0.4 is 25.3 Å². The standard InChI is InChI=1S/C25H25N5O5/c1-33-22-8-16-15-7-19(29-24(26)17(15)12-28-20(16)9-23(22)34-2)13-6-14(11-27-10-13)35-21-5-3-4-18(21)30-25(31)32/h6-12,18,21,30H,3-5H2,1-2H3,(H2,26,29)(H,31,32)/t18-,21-/m0/s1. The molecule has 1 saturated carbocycles. The summed E-state index contributed by atoms with van der Waals surface area (Å²) >= 11 is 0. The van der Waals surface area contributed by atoms with E-state index in [9.17, 15) is 4.79 Å². The van der Waals surface area contributed by atoms with Crippen LogP contribution in [0.4, 0.5) is 10.6 Å². The van der Waals surface area contributed by atoms with Crippen LogP contribution in [0.25, 0.3) is 32.9 Å². The fourth-order valence-electron chi connectivity index (χ4n) is 4.59. The average Bonchev–Trinajstić information content (AvgIpc) is 3.28. The van der Waals surface area contributed by atoms with Gasteiger partial charge in [-0.3, -0.25) is 9.97 Å². The minimum atomic E-state index is -1.05. The Morgan fingerprint density at radius 3 is 2.60 bits per heavy atom. The fraction of sp³-hybridized carbons (Fsp3) is 0.280. The van der Waals surface area contributed by atoms with Crippen molar-refractivity contribution in [2.24, 2.45) is 0 Å². The van der Waals surface area contributed by atoms with Gasteiger partial charge in [-0.05, 0) is 42.8 Å². The zero-order valence-corrected chi connectivity index (χ0v) is 19.3. The molecule has 0 saturated heterocycles. The number of ether oxygens (including phenoxy) is 3. The van der Waals surface area contributed by atoms with Gasteiger partial charge in [0.1, 0.15) is 17.7 Å². The number of carbonyl (C=O) groups is 1. The van der Waals surface area contributed by atoms with Gasteiger partial charge in [-0.2, -0.15) is 0 Å². The second kappa shape index (κ2) is 9.13. The summed E-state index contributed by atoms with van der Waals surface area (Å²) in [6, 6.07) is 7.22. The number of nitrogens with zero attached hydrogens (tertiary/aromatic N) is 3. The Hall–Kier alpha value is -4.34. The minimum absolute atomic E-state index is 0.253. The van der Waals surface area contributed by atoms with Crippen molar-refractivity contribution in [3.8, 4) is 28.5 Å². The van der Waals surface area contributed by atoms with Gasteiger partial charge >= 0.3 is 6.09 Å². The van der Waals surface area contributed by atoms with Gasteiger partial charge in [-0.25, -0.2) is 9.78 Å².